The zero-order chi connectivity index (χ0) is 12.6. The number of aromatic nitrogens is 4. The number of anilines is 1. The molecule has 92 valence electrons. The summed E-state index contributed by atoms with van der Waals surface area (Å²) in [6.45, 7) is 0. The van der Waals surface area contributed by atoms with E-state index in [0.717, 1.165) is 23.1 Å². The summed E-state index contributed by atoms with van der Waals surface area (Å²) in [5.41, 5.74) is 2.36. The number of rotatable bonds is 3. The zero-order valence-corrected chi connectivity index (χ0v) is 11.1. The summed E-state index contributed by atoms with van der Waals surface area (Å²) in [5.74, 6) is 0. The van der Waals surface area contributed by atoms with E-state index in [-0.39, 0.29) is 10.0 Å². The Labute approximate surface area is 110 Å². The molecule has 10 heteroatoms. The van der Waals surface area contributed by atoms with E-state index in [4.69, 9.17) is 0 Å². The molecular weight excluding hydrogens is 294 g/mol. The molecule has 0 aliphatic rings. The van der Waals surface area contributed by atoms with Crippen molar-refractivity contribution in [1.82, 2.24) is 18.9 Å². The molecule has 2 heterocycles. The van der Waals surface area contributed by atoms with Crippen LogP contribution >= 0.6 is 23.1 Å². The smallest absolute Gasteiger partial charge is 0.253 e. The quantitative estimate of drug-likeness (QED) is 0.783. The van der Waals surface area contributed by atoms with Crippen molar-refractivity contribution in [1.29, 1.82) is 0 Å². The molecule has 0 spiro atoms. The number of nitrogens with one attached hydrogen (secondary N) is 1. The molecule has 0 aliphatic carbocycles. The summed E-state index contributed by atoms with van der Waals surface area (Å²) in [7, 11) is -3.72. The average molecular weight is 299 g/mol. The van der Waals surface area contributed by atoms with Gasteiger partial charge in [-0.05, 0) is 12.1 Å². The van der Waals surface area contributed by atoms with Crippen LogP contribution in [0, 0.1) is 0 Å². The second kappa shape index (κ2) is 4.23. The molecule has 0 aliphatic heterocycles. The predicted molar refractivity (Wildman–Crippen MR) is 68.1 cm³/mol. The lowest BCUT2D eigenvalue weighted by molar-refractivity contribution is 0.602. The summed E-state index contributed by atoms with van der Waals surface area (Å²) >= 11 is 2.08. The third-order valence-electron chi connectivity index (χ3n) is 2.12. The van der Waals surface area contributed by atoms with Gasteiger partial charge in [0.25, 0.3) is 10.0 Å². The van der Waals surface area contributed by atoms with Gasteiger partial charge in [-0.25, -0.2) is 8.42 Å². The van der Waals surface area contributed by atoms with E-state index in [0.29, 0.717) is 11.0 Å². The first-order valence-corrected chi connectivity index (χ1v) is 7.76. The fourth-order valence-corrected chi connectivity index (χ4v) is 3.85. The van der Waals surface area contributed by atoms with Crippen LogP contribution in [0.3, 0.4) is 0 Å². The van der Waals surface area contributed by atoms with Gasteiger partial charge in [0.15, 0.2) is 0 Å². The molecule has 1 aromatic carbocycles. The average Bonchev–Trinajstić information content (AvgIpc) is 2.97. The Kier molecular flexibility index (Phi) is 2.69. The van der Waals surface area contributed by atoms with Gasteiger partial charge in [-0.2, -0.15) is 8.75 Å². The fraction of sp³-hybridized carbons (Fsp3) is 0. The van der Waals surface area contributed by atoms with Gasteiger partial charge in [-0.3, -0.25) is 4.72 Å². The van der Waals surface area contributed by atoms with E-state index in [1.807, 2.05) is 0 Å². The van der Waals surface area contributed by atoms with E-state index in [1.54, 1.807) is 12.1 Å². The number of hydrogen-bond acceptors (Lipinski definition) is 8. The highest BCUT2D eigenvalue weighted by molar-refractivity contribution is 7.93. The molecule has 3 aromatic rings. The summed E-state index contributed by atoms with van der Waals surface area (Å²) in [4.78, 5) is 0.0870. The molecule has 3 rings (SSSR count). The molecule has 2 aromatic heterocycles. The van der Waals surface area contributed by atoms with Crippen molar-refractivity contribution in [2.75, 3.05) is 4.72 Å². The lowest BCUT2D eigenvalue weighted by Crippen LogP contribution is -2.13. The monoisotopic (exact) mass is 299 g/mol. The maximum absolute atomic E-state index is 12.2. The van der Waals surface area contributed by atoms with Crippen LogP contribution in [-0.2, 0) is 10.0 Å². The van der Waals surface area contributed by atoms with Crippen molar-refractivity contribution in [2.45, 2.75) is 4.90 Å². The minimum absolute atomic E-state index is 0.0870. The first-order valence-electron chi connectivity index (χ1n) is 4.67. The Morgan fingerprint density at radius 3 is 2.89 bits per heavy atom. The summed E-state index contributed by atoms with van der Waals surface area (Å²) in [5, 5.41) is 7.43. The van der Waals surface area contributed by atoms with E-state index in [2.05, 4.69) is 23.7 Å². The van der Waals surface area contributed by atoms with Gasteiger partial charge >= 0.3 is 0 Å². The van der Waals surface area contributed by atoms with Gasteiger partial charge in [0.05, 0.1) is 11.7 Å². The molecule has 0 atom stereocenters. The highest BCUT2D eigenvalue weighted by Crippen LogP contribution is 2.23. The second-order valence-corrected chi connectivity index (χ2v) is 6.25. The summed E-state index contributed by atoms with van der Waals surface area (Å²) in [6.07, 6.45) is 0. The van der Waals surface area contributed by atoms with Gasteiger partial charge in [-0.15, -0.1) is 10.2 Å². The predicted octanol–water partition coefficient (Wildman–Crippen LogP) is 1.34. The SMILES string of the molecule is O=S(=O)(Nc1nncs1)c1cccc2nsnc12. The first-order chi connectivity index (χ1) is 8.67. The largest absolute Gasteiger partial charge is 0.265 e. The maximum atomic E-state index is 12.2. The fourth-order valence-electron chi connectivity index (χ4n) is 1.39. The third kappa shape index (κ3) is 1.94. The van der Waals surface area contributed by atoms with Crippen LogP contribution in [0.15, 0.2) is 28.6 Å². The molecule has 0 unspecified atom stereocenters. The van der Waals surface area contributed by atoms with E-state index in [1.165, 1.54) is 11.6 Å². The minimum atomic E-state index is -3.72. The Balaban J connectivity index is 2.11. The van der Waals surface area contributed by atoms with Gasteiger partial charge in [0, 0.05) is 0 Å². The molecule has 7 nitrogen and oxygen atoms in total. The van der Waals surface area contributed by atoms with Crippen LogP contribution < -0.4 is 4.72 Å². The Bertz CT molecular complexity index is 780. The molecule has 1 N–H and O–H groups in total. The van der Waals surface area contributed by atoms with E-state index in [9.17, 15) is 8.42 Å². The van der Waals surface area contributed by atoms with Crippen molar-refractivity contribution in [3.63, 3.8) is 0 Å². The van der Waals surface area contributed by atoms with E-state index >= 15 is 0 Å². The number of fused-ring (bicyclic) bond motifs is 1. The Hall–Kier alpha value is -1.65. The third-order valence-corrected chi connectivity index (χ3v) is 4.77. The lowest BCUT2D eigenvalue weighted by atomic mass is 10.3. The van der Waals surface area contributed by atoms with E-state index < -0.39 is 10.0 Å². The van der Waals surface area contributed by atoms with Gasteiger partial charge in [-0.1, -0.05) is 17.4 Å². The molecule has 18 heavy (non-hydrogen) atoms. The molecule has 0 radical (unpaired) electrons. The van der Waals surface area contributed by atoms with Crippen molar-refractivity contribution in [3.8, 4) is 0 Å². The standard InChI is InChI=1S/C8H5N5O2S3/c14-18(15,13-8-10-9-4-16-8)6-3-1-2-5-7(6)12-17-11-5/h1-4H,(H,10,13). The van der Waals surface area contributed by atoms with Crippen LogP contribution in [0.4, 0.5) is 5.13 Å². The summed E-state index contributed by atoms with van der Waals surface area (Å²) < 4.78 is 34.7. The van der Waals surface area contributed by atoms with Crippen LogP contribution in [-0.4, -0.2) is 27.4 Å². The van der Waals surface area contributed by atoms with Gasteiger partial charge in [0.2, 0.25) is 5.13 Å². The topological polar surface area (TPSA) is 97.7 Å². The maximum Gasteiger partial charge on any atom is 0.265 e. The highest BCUT2D eigenvalue weighted by Gasteiger charge is 2.20. The normalized spacial score (nSPS) is 11.8. The second-order valence-electron chi connectivity index (χ2n) is 3.24. The van der Waals surface area contributed by atoms with Crippen LogP contribution in [0.25, 0.3) is 11.0 Å². The number of benzene rings is 1. The number of hydrogen-bond donors (Lipinski definition) is 1. The van der Waals surface area contributed by atoms with Crippen LogP contribution in [0.2, 0.25) is 0 Å². The summed E-state index contributed by atoms with van der Waals surface area (Å²) in [6, 6.07) is 4.81. The number of sulfonamides is 1. The van der Waals surface area contributed by atoms with Crippen molar-refractivity contribution in [2.24, 2.45) is 0 Å². The molecule has 0 saturated carbocycles. The Morgan fingerprint density at radius 1 is 1.22 bits per heavy atom. The molecule has 0 bridgehead atoms. The number of nitrogens with zero attached hydrogens (tertiary/aromatic N) is 4. The van der Waals surface area contributed by atoms with Crippen molar-refractivity contribution >= 4 is 49.3 Å². The van der Waals surface area contributed by atoms with Gasteiger partial charge < -0.3 is 0 Å². The molecular formula is C8H5N5O2S3. The molecule has 0 saturated heterocycles. The van der Waals surface area contributed by atoms with Crippen LogP contribution in [0.1, 0.15) is 0 Å². The highest BCUT2D eigenvalue weighted by atomic mass is 32.2. The van der Waals surface area contributed by atoms with Crippen LogP contribution in [0.5, 0.6) is 0 Å². The molecule has 0 fully saturated rings. The van der Waals surface area contributed by atoms with Crippen molar-refractivity contribution < 1.29 is 8.42 Å². The zero-order valence-electron chi connectivity index (χ0n) is 8.64. The minimum Gasteiger partial charge on any atom is -0.253 e. The Morgan fingerprint density at radius 2 is 2.11 bits per heavy atom. The molecule has 0 amide bonds. The van der Waals surface area contributed by atoms with Crippen molar-refractivity contribution in [3.05, 3.63) is 23.7 Å². The lowest BCUT2D eigenvalue weighted by Gasteiger charge is -2.04. The van der Waals surface area contributed by atoms with Gasteiger partial charge in [0.1, 0.15) is 21.4 Å². The first kappa shape index (κ1) is 11.4.